The number of benzene rings is 1. The van der Waals surface area contributed by atoms with Gasteiger partial charge in [0.05, 0.1) is 5.39 Å². The molecule has 0 amide bonds. The van der Waals surface area contributed by atoms with Gasteiger partial charge in [0.1, 0.15) is 11.5 Å². The van der Waals surface area contributed by atoms with Gasteiger partial charge in [-0.25, -0.2) is 15.0 Å². The smallest absolute Gasteiger partial charge is 0.164 e. The highest BCUT2D eigenvalue weighted by Gasteiger charge is 2.15. The maximum atomic E-state index is 6.13. The zero-order valence-corrected chi connectivity index (χ0v) is 14.2. The third kappa shape index (κ3) is 2.47. The minimum atomic E-state index is 0.637. The Hall–Kier alpha value is -2.66. The topological polar surface area (TPSA) is 59.4 Å². The minimum Gasteiger partial charge on any atom is -0.343 e. The number of nitrogens with zero attached hydrogens (tertiary/aromatic N) is 4. The first-order valence-corrected chi connectivity index (χ1v) is 8.19. The number of aromatic amines is 1. The predicted octanol–water partition coefficient (Wildman–Crippen LogP) is 4.33. The zero-order valence-electron chi connectivity index (χ0n) is 13.4. The number of nitrogens with one attached hydrogen (secondary N) is 1. The summed E-state index contributed by atoms with van der Waals surface area (Å²) in [5, 5.41) is 1.64. The number of aryl methyl sites for hydroxylation is 2. The van der Waals surface area contributed by atoms with Gasteiger partial charge in [0.15, 0.2) is 11.6 Å². The number of hydrogen-bond acceptors (Lipinski definition) is 3. The molecule has 24 heavy (non-hydrogen) atoms. The molecule has 0 aliphatic carbocycles. The Bertz CT molecular complexity index is 1030. The van der Waals surface area contributed by atoms with Crippen LogP contribution in [-0.2, 0) is 6.42 Å². The predicted molar refractivity (Wildman–Crippen MR) is 95.6 cm³/mol. The highest BCUT2D eigenvalue weighted by atomic mass is 35.5. The van der Waals surface area contributed by atoms with Crippen molar-refractivity contribution in [3.8, 4) is 17.2 Å². The van der Waals surface area contributed by atoms with E-state index in [1.54, 1.807) is 6.20 Å². The van der Waals surface area contributed by atoms with E-state index in [-0.39, 0.29) is 0 Å². The SMILES string of the molecule is CCc1nccn1-c1nc(-c2cccc(Cl)c2)nc2[nH]c(C)cc12. The molecular weight excluding hydrogens is 322 g/mol. The van der Waals surface area contributed by atoms with E-state index in [0.717, 1.165) is 40.4 Å². The summed E-state index contributed by atoms with van der Waals surface area (Å²) < 4.78 is 2.02. The number of halogens is 1. The molecule has 0 saturated heterocycles. The third-order valence-electron chi connectivity index (χ3n) is 3.95. The molecule has 0 bridgehead atoms. The first kappa shape index (κ1) is 14.9. The molecule has 0 fully saturated rings. The molecule has 1 aromatic carbocycles. The van der Waals surface area contributed by atoms with Gasteiger partial charge >= 0.3 is 0 Å². The lowest BCUT2D eigenvalue weighted by Crippen LogP contribution is -2.04. The van der Waals surface area contributed by atoms with E-state index in [4.69, 9.17) is 16.6 Å². The summed E-state index contributed by atoms with van der Waals surface area (Å²) in [4.78, 5) is 17.2. The minimum absolute atomic E-state index is 0.637. The molecule has 3 aromatic heterocycles. The highest BCUT2D eigenvalue weighted by Crippen LogP contribution is 2.26. The maximum Gasteiger partial charge on any atom is 0.164 e. The van der Waals surface area contributed by atoms with Crippen LogP contribution in [-0.4, -0.2) is 24.5 Å². The molecule has 6 heteroatoms. The first-order valence-electron chi connectivity index (χ1n) is 7.81. The molecule has 0 spiro atoms. The summed E-state index contributed by atoms with van der Waals surface area (Å²) in [7, 11) is 0. The van der Waals surface area contributed by atoms with Crippen molar-refractivity contribution >= 4 is 22.6 Å². The summed E-state index contributed by atoms with van der Waals surface area (Å²) >= 11 is 6.13. The molecule has 0 aliphatic heterocycles. The first-order chi connectivity index (χ1) is 11.7. The number of rotatable bonds is 3. The van der Waals surface area contributed by atoms with Gasteiger partial charge in [-0.3, -0.25) is 4.57 Å². The molecule has 3 heterocycles. The summed E-state index contributed by atoms with van der Waals surface area (Å²) in [5.74, 6) is 2.43. The van der Waals surface area contributed by atoms with Crippen LogP contribution < -0.4 is 0 Å². The van der Waals surface area contributed by atoms with Crippen molar-refractivity contribution in [3.05, 3.63) is 59.3 Å². The van der Waals surface area contributed by atoms with Gasteiger partial charge in [-0.15, -0.1) is 0 Å². The maximum absolute atomic E-state index is 6.13. The molecule has 120 valence electrons. The summed E-state index contributed by atoms with van der Waals surface area (Å²) in [6.07, 6.45) is 4.56. The Kier molecular flexibility index (Phi) is 3.58. The fourth-order valence-electron chi connectivity index (χ4n) is 2.85. The lowest BCUT2D eigenvalue weighted by molar-refractivity contribution is 0.872. The highest BCUT2D eigenvalue weighted by molar-refractivity contribution is 6.30. The van der Waals surface area contributed by atoms with Crippen LogP contribution >= 0.6 is 11.6 Å². The van der Waals surface area contributed by atoms with Crippen molar-refractivity contribution in [3.63, 3.8) is 0 Å². The Labute approximate surface area is 144 Å². The molecule has 0 radical (unpaired) electrons. The van der Waals surface area contributed by atoms with Crippen molar-refractivity contribution in [2.24, 2.45) is 0 Å². The molecule has 5 nitrogen and oxygen atoms in total. The van der Waals surface area contributed by atoms with Crippen molar-refractivity contribution in [2.75, 3.05) is 0 Å². The number of hydrogen-bond donors (Lipinski definition) is 1. The van der Waals surface area contributed by atoms with Crippen LogP contribution in [0.1, 0.15) is 18.4 Å². The Balaban J connectivity index is 2.01. The number of imidazole rings is 1. The average molecular weight is 338 g/mol. The van der Waals surface area contributed by atoms with Crippen LogP contribution in [0.2, 0.25) is 5.02 Å². The normalized spacial score (nSPS) is 11.3. The quantitative estimate of drug-likeness (QED) is 0.605. The fourth-order valence-corrected chi connectivity index (χ4v) is 3.04. The summed E-state index contributed by atoms with van der Waals surface area (Å²) in [6, 6.07) is 9.64. The van der Waals surface area contributed by atoms with Crippen molar-refractivity contribution in [1.82, 2.24) is 24.5 Å². The van der Waals surface area contributed by atoms with E-state index in [9.17, 15) is 0 Å². The van der Waals surface area contributed by atoms with Crippen LogP contribution in [0.5, 0.6) is 0 Å². The van der Waals surface area contributed by atoms with Gasteiger partial charge in [-0.1, -0.05) is 30.7 Å². The zero-order chi connectivity index (χ0) is 16.7. The second-order valence-electron chi connectivity index (χ2n) is 5.66. The Morgan fingerprint density at radius 3 is 2.88 bits per heavy atom. The van der Waals surface area contributed by atoms with E-state index in [1.165, 1.54) is 0 Å². The fraction of sp³-hybridized carbons (Fsp3) is 0.167. The standard InChI is InChI=1S/C18H16ClN5/c1-3-15-20-7-8-24(15)18-14-9-11(2)21-17(14)22-16(23-18)12-5-4-6-13(19)10-12/h4-10H,3H2,1-2H3,(H,21,22,23). The van der Waals surface area contributed by atoms with Gasteiger partial charge in [-0.05, 0) is 25.1 Å². The molecule has 0 aliphatic rings. The largest absolute Gasteiger partial charge is 0.343 e. The van der Waals surface area contributed by atoms with E-state index in [0.29, 0.717) is 10.8 Å². The van der Waals surface area contributed by atoms with Crippen LogP contribution in [0.3, 0.4) is 0 Å². The summed E-state index contributed by atoms with van der Waals surface area (Å²) in [6.45, 7) is 4.09. The number of fused-ring (bicyclic) bond motifs is 1. The lowest BCUT2D eigenvalue weighted by Gasteiger charge is -2.09. The average Bonchev–Trinajstić information content (AvgIpc) is 3.18. The molecule has 0 unspecified atom stereocenters. The van der Waals surface area contributed by atoms with E-state index in [1.807, 2.05) is 42.0 Å². The van der Waals surface area contributed by atoms with E-state index in [2.05, 4.69) is 27.9 Å². The molecule has 0 saturated carbocycles. The van der Waals surface area contributed by atoms with Crippen molar-refractivity contribution in [2.45, 2.75) is 20.3 Å². The molecular formula is C18H16ClN5. The molecule has 0 atom stereocenters. The molecule has 4 rings (SSSR count). The van der Waals surface area contributed by atoms with Crippen molar-refractivity contribution < 1.29 is 0 Å². The van der Waals surface area contributed by atoms with Crippen LogP contribution in [0.15, 0.2) is 42.7 Å². The van der Waals surface area contributed by atoms with Gasteiger partial charge in [0, 0.05) is 35.1 Å². The lowest BCUT2D eigenvalue weighted by atomic mass is 10.2. The van der Waals surface area contributed by atoms with E-state index < -0.39 is 0 Å². The third-order valence-corrected chi connectivity index (χ3v) is 4.18. The second-order valence-corrected chi connectivity index (χ2v) is 6.10. The number of aromatic nitrogens is 5. The van der Waals surface area contributed by atoms with Gasteiger partial charge < -0.3 is 4.98 Å². The molecule has 1 N–H and O–H groups in total. The van der Waals surface area contributed by atoms with Crippen LogP contribution in [0, 0.1) is 6.92 Å². The summed E-state index contributed by atoms with van der Waals surface area (Å²) in [5.41, 5.74) is 2.74. The van der Waals surface area contributed by atoms with Crippen molar-refractivity contribution in [1.29, 1.82) is 0 Å². The van der Waals surface area contributed by atoms with Gasteiger partial charge in [0.25, 0.3) is 0 Å². The second kappa shape index (κ2) is 5.76. The van der Waals surface area contributed by atoms with Gasteiger partial charge in [-0.2, -0.15) is 0 Å². The monoisotopic (exact) mass is 337 g/mol. The van der Waals surface area contributed by atoms with Crippen LogP contribution in [0.4, 0.5) is 0 Å². The molecule has 4 aromatic rings. The van der Waals surface area contributed by atoms with E-state index >= 15 is 0 Å². The van der Waals surface area contributed by atoms with Gasteiger partial charge in [0.2, 0.25) is 0 Å². The Morgan fingerprint density at radius 2 is 2.08 bits per heavy atom. The van der Waals surface area contributed by atoms with Crippen LogP contribution in [0.25, 0.3) is 28.2 Å². The number of H-pyrrole nitrogens is 1. The Morgan fingerprint density at radius 1 is 1.21 bits per heavy atom.